The predicted octanol–water partition coefficient (Wildman–Crippen LogP) is 3.45. The second kappa shape index (κ2) is 9.72. The fraction of sp³-hybridized carbons (Fsp3) is 0.429. The summed E-state index contributed by atoms with van der Waals surface area (Å²) in [5, 5.41) is 3.24. The van der Waals surface area contributed by atoms with E-state index in [2.05, 4.69) is 10.3 Å². The molecule has 0 radical (unpaired) electrons. The summed E-state index contributed by atoms with van der Waals surface area (Å²) in [6, 6.07) is 3.73. The number of ether oxygens (including phenoxy) is 1. The van der Waals surface area contributed by atoms with E-state index in [0.717, 1.165) is 18.4 Å². The molecule has 0 bridgehead atoms. The van der Waals surface area contributed by atoms with Crippen molar-refractivity contribution in [2.75, 3.05) is 25.6 Å². The van der Waals surface area contributed by atoms with Crippen molar-refractivity contribution in [3.8, 4) is 0 Å². The molecule has 0 spiro atoms. The third-order valence-electron chi connectivity index (χ3n) is 5.03. The molecule has 0 aromatic carbocycles. The average Bonchev–Trinajstić information content (AvgIpc) is 3.01. The van der Waals surface area contributed by atoms with Gasteiger partial charge in [-0.1, -0.05) is 37.0 Å². The van der Waals surface area contributed by atoms with Gasteiger partial charge in [0.1, 0.15) is 15.8 Å². The van der Waals surface area contributed by atoms with Crippen LogP contribution in [0.4, 0.5) is 5.82 Å². The molecule has 7 nitrogen and oxygen atoms in total. The van der Waals surface area contributed by atoms with E-state index >= 15 is 0 Å². The molecule has 0 aliphatic carbocycles. The number of hydrogen-bond acceptors (Lipinski definition) is 7. The molecule has 3 rings (SSSR count). The third-order valence-corrected chi connectivity index (χ3v) is 6.36. The summed E-state index contributed by atoms with van der Waals surface area (Å²) in [7, 11) is 1.65. The molecule has 160 valence electrons. The van der Waals surface area contributed by atoms with Gasteiger partial charge in [-0.15, -0.1) is 0 Å². The van der Waals surface area contributed by atoms with Crippen molar-refractivity contribution in [3.05, 3.63) is 44.7 Å². The van der Waals surface area contributed by atoms with Crippen LogP contribution in [0.2, 0.25) is 0 Å². The minimum Gasteiger partial charge on any atom is -0.385 e. The smallest absolute Gasteiger partial charge is 0.267 e. The van der Waals surface area contributed by atoms with E-state index < -0.39 is 0 Å². The molecule has 1 N–H and O–H groups in total. The molecule has 9 heteroatoms. The van der Waals surface area contributed by atoms with Crippen molar-refractivity contribution in [1.29, 1.82) is 0 Å². The molecule has 1 aliphatic rings. The van der Waals surface area contributed by atoms with Crippen LogP contribution >= 0.6 is 24.0 Å². The number of fused-ring (bicyclic) bond motifs is 1. The Morgan fingerprint density at radius 1 is 1.40 bits per heavy atom. The summed E-state index contributed by atoms with van der Waals surface area (Å²) in [5.74, 6) is 0.289. The Morgan fingerprint density at radius 2 is 2.17 bits per heavy atom. The third kappa shape index (κ3) is 4.43. The van der Waals surface area contributed by atoms with Crippen LogP contribution in [0.1, 0.15) is 37.8 Å². The van der Waals surface area contributed by atoms with Crippen LogP contribution < -0.4 is 10.9 Å². The molecule has 0 saturated carbocycles. The first-order valence-corrected chi connectivity index (χ1v) is 11.1. The van der Waals surface area contributed by atoms with Gasteiger partial charge in [0.25, 0.3) is 11.5 Å². The number of nitrogens with one attached hydrogen (secondary N) is 1. The number of aromatic nitrogens is 2. The van der Waals surface area contributed by atoms with Crippen LogP contribution in [-0.4, -0.2) is 50.8 Å². The highest BCUT2D eigenvalue weighted by molar-refractivity contribution is 8.26. The maximum atomic E-state index is 13.3. The first kappa shape index (κ1) is 22.5. The van der Waals surface area contributed by atoms with Gasteiger partial charge in [-0.25, -0.2) is 4.98 Å². The lowest BCUT2D eigenvalue weighted by Crippen LogP contribution is -2.36. The molecule has 1 amide bonds. The van der Waals surface area contributed by atoms with Crippen LogP contribution in [0, 0.1) is 6.92 Å². The topological polar surface area (TPSA) is 75.9 Å². The highest BCUT2D eigenvalue weighted by atomic mass is 32.2. The Morgan fingerprint density at radius 3 is 2.87 bits per heavy atom. The van der Waals surface area contributed by atoms with Crippen LogP contribution in [0.15, 0.2) is 28.0 Å². The van der Waals surface area contributed by atoms with Crippen LogP contribution in [0.5, 0.6) is 0 Å². The average molecular weight is 447 g/mol. The quantitative estimate of drug-likeness (QED) is 0.378. The summed E-state index contributed by atoms with van der Waals surface area (Å²) < 4.78 is 7.12. The molecule has 3 heterocycles. The van der Waals surface area contributed by atoms with Crippen molar-refractivity contribution in [2.24, 2.45) is 0 Å². The van der Waals surface area contributed by atoms with E-state index in [-0.39, 0.29) is 17.5 Å². The van der Waals surface area contributed by atoms with E-state index in [0.29, 0.717) is 39.4 Å². The number of pyridine rings is 1. The Labute approximate surface area is 185 Å². The molecule has 1 atom stereocenters. The lowest BCUT2D eigenvalue weighted by Gasteiger charge is -2.21. The zero-order valence-electron chi connectivity index (χ0n) is 17.6. The highest BCUT2D eigenvalue weighted by Gasteiger charge is 2.35. The summed E-state index contributed by atoms with van der Waals surface area (Å²) in [4.78, 5) is 33.0. The van der Waals surface area contributed by atoms with Crippen LogP contribution in [-0.2, 0) is 9.53 Å². The van der Waals surface area contributed by atoms with Crippen molar-refractivity contribution in [1.82, 2.24) is 14.3 Å². The standard InChI is InChI=1S/C21H26N4O3S2/c1-5-14(3)25-20(27)16(30-21(25)29)12-15-17(22-9-7-11-28-4)23-18-13(2)8-6-10-24(18)19(15)26/h6,8,10,12,14,22H,5,7,9,11H2,1-4H3/b16-12-/t14-/m1/s1. The molecule has 30 heavy (non-hydrogen) atoms. The minimum absolute atomic E-state index is 0.00788. The Kier molecular flexibility index (Phi) is 7.27. The van der Waals surface area contributed by atoms with Crippen molar-refractivity contribution in [3.63, 3.8) is 0 Å². The largest absolute Gasteiger partial charge is 0.385 e. The number of thiocarbonyl (C=S) groups is 1. The normalized spacial score (nSPS) is 16.7. The summed E-state index contributed by atoms with van der Waals surface area (Å²) >= 11 is 6.63. The van der Waals surface area contributed by atoms with Gasteiger partial charge >= 0.3 is 0 Å². The van der Waals surface area contributed by atoms with E-state index in [1.807, 2.05) is 32.9 Å². The molecular formula is C21H26N4O3S2. The van der Waals surface area contributed by atoms with Gasteiger partial charge in [0, 0.05) is 32.5 Å². The first-order valence-electron chi connectivity index (χ1n) is 9.90. The zero-order valence-corrected chi connectivity index (χ0v) is 19.2. The fourth-order valence-electron chi connectivity index (χ4n) is 3.17. The van der Waals surface area contributed by atoms with Gasteiger partial charge in [-0.3, -0.25) is 18.9 Å². The van der Waals surface area contributed by atoms with E-state index in [1.54, 1.807) is 24.3 Å². The van der Waals surface area contributed by atoms with Gasteiger partial charge in [-0.2, -0.15) is 0 Å². The maximum Gasteiger partial charge on any atom is 0.267 e. The number of anilines is 1. The molecule has 2 aromatic heterocycles. The number of aryl methyl sites for hydroxylation is 1. The number of carbonyl (C=O) groups excluding carboxylic acids is 1. The molecule has 2 aromatic rings. The number of carbonyl (C=O) groups is 1. The minimum atomic E-state index is -0.230. The van der Waals surface area contributed by atoms with Gasteiger partial charge in [-0.05, 0) is 44.4 Å². The molecule has 1 fully saturated rings. The lowest BCUT2D eigenvalue weighted by molar-refractivity contribution is -0.123. The van der Waals surface area contributed by atoms with Crippen molar-refractivity contribution >= 4 is 51.7 Å². The van der Waals surface area contributed by atoms with Crippen LogP contribution in [0.25, 0.3) is 11.7 Å². The van der Waals surface area contributed by atoms with E-state index in [1.165, 1.54) is 16.2 Å². The van der Waals surface area contributed by atoms with Gasteiger partial charge in [0.05, 0.1) is 10.5 Å². The number of thioether (sulfide) groups is 1. The van der Waals surface area contributed by atoms with Crippen LogP contribution in [0.3, 0.4) is 0 Å². The van der Waals surface area contributed by atoms with Gasteiger partial charge < -0.3 is 10.1 Å². The second-order valence-electron chi connectivity index (χ2n) is 7.15. The SMILES string of the molecule is CC[C@@H](C)N1C(=O)/C(=C/c2c(NCCCOC)nc3c(C)cccn3c2=O)SC1=S. The highest BCUT2D eigenvalue weighted by Crippen LogP contribution is 2.34. The molecular weight excluding hydrogens is 420 g/mol. The Bertz CT molecular complexity index is 1060. The molecule has 1 saturated heterocycles. The zero-order chi connectivity index (χ0) is 21.8. The van der Waals surface area contributed by atoms with E-state index in [9.17, 15) is 9.59 Å². The monoisotopic (exact) mass is 446 g/mol. The Balaban J connectivity index is 2.08. The van der Waals surface area contributed by atoms with Gasteiger partial charge in [0.2, 0.25) is 0 Å². The van der Waals surface area contributed by atoms with Crippen molar-refractivity contribution in [2.45, 2.75) is 39.7 Å². The molecule has 1 aliphatic heterocycles. The van der Waals surface area contributed by atoms with E-state index in [4.69, 9.17) is 17.0 Å². The Hall–Kier alpha value is -2.23. The second-order valence-corrected chi connectivity index (χ2v) is 8.82. The maximum absolute atomic E-state index is 13.3. The number of nitrogens with zero attached hydrogens (tertiary/aromatic N) is 3. The summed E-state index contributed by atoms with van der Waals surface area (Å²) in [5.41, 5.74) is 1.59. The summed E-state index contributed by atoms with van der Waals surface area (Å²) in [6.07, 6.45) is 4.87. The summed E-state index contributed by atoms with van der Waals surface area (Å²) in [6.45, 7) is 7.08. The first-order chi connectivity index (χ1) is 14.4. The number of hydrogen-bond donors (Lipinski definition) is 1. The van der Waals surface area contributed by atoms with Crippen molar-refractivity contribution < 1.29 is 9.53 Å². The molecule has 0 unspecified atom stereocenters. The number of rotatable bonds is 8. The van der Waals surface area contributed by atoms with Gasteiger partial charge in [0.15, 0.2) is 0 Å². The fourth-order valence-corrected chi connectivity index (χ4v) is 4.62. The number of methoxy groups -OCH3 is 1. The predicted molar refractivity (Wildman–Crippen MR) is 126 cm³/mol. The number of amides is 1. The lowest BCUT2D eigenvalue weighted by atomic mass is 10.2.